The topological polar surface area (TPSA) is 59.1 Å². The zero-order valence-corrected chi connectivity index (χ0v) is 9.75. The summed E-state index contributed by atoms with van der Waals surface area (Å²) in [7, 11) is 0. The van der Waals surface area contributed by atoms with Gasteiger partial charge in [0.1, 0.15) is 5.78 Å². The zero-order valence-electron chi connectivity index (χ0n) is 9.75. The van der Waals surface area contributed by atoms with Gasteiger partial charge in [-0.2, -0.15) is 0 Å². The fraction of sp³-hybridized carbons (Fsp3) is 0.462. The molecule has 1 aliphatic carbocycles. The minimum atomic E-state index is -0.545. The van der Waals surface area contributed by atoms with Gasteiger partial charge in [-0.1, -0.05) is 0 Å². The number of pyridine rings is 1. The molecule has 0 unspecified atom stereocenters. The molecule has 0 aromatic carbocycles. The normalized spacial score (nSPS) is 21.5. The molecule has 1 saturated carbocycles. The van der Waals surface area contributed by atoms with Crippen molar-refractivity contribution in [3.63, 3.8) is 0 Å². The van der Waals surface area contributed by atoms with E-state index in [2.05, 4.69) is 10.3 Å². The van der Waals surface area contributed by atoms with Gasteiger partial charge >= 0.3 is 0 Å². The number of hydrogen-bond acceptors (Lipinski definition) is 3. The van der Waals surface area contributed by atoms with Gasteiger partial charge in [-0.05, 0) is 31.4 Å². The van der Waals surface area contributed by atoms with Crippen LogP contribution in [-0.2, 0) is 15.0 Å². The molecule has 1 N–H and O–H groups in total. The number of Topliss-reactive ketones (excluding diaryl/α,β-unsaturated/α-hetero) is 1. The minimum absolute atomic E-state index is 0.0121. The molecule has 88 valence electrons. The molecule has 1 amide bonds. The van der Waals surface area contributed by atoms with Crippen molar-refractivity contribution < 1.29 is 9.59 Å². The van der Waals surface area contributed by atoms with E-state index < -0.39 is 5.41 Å². The van der Waals surface area contributed by atoms with E-state index in [1.165, 1.54) is 0 Å². The summed E-state index contributed by atoms with van der Waals surface area (Å²) < 4.78 is 0. The number of aromatic nitrogens is 1. The highest BCUT2D eigenvalue weighted by atomic mass is 16.2. The number of nitrogens with zero attached hydrogens (tertiary/aromatic N) is 1. The number of aryl methyl sites for hydroxylation is 1. The molecule has 1 spiro atoms. The second-order valence-corrected chi connectivity index (χ2v) is 4.98. The highest BCUT2D eigenvalue weighted by Gasteiger charge is 2.49. The Bertz CT molecular complexity index is 512. The lowest BCUT2D eigenvalue weighted by Crippen LogP contribution is -2.38. The molecular weight excluding hydrogens is 216 g/mol. The number of carbonyl (C=O) groups is 2. The third-order valence-corrected chi connectivity index (χ3v) is 3.82. The number of anilines is 1. The van der Waals surface area contributed by atoms with Crippen molar-refractivity contribution >= 4 is 17.4 Å². The van der Waals surface area contributed by atoms with Gasteiger partial charge in [0, 0.05) is 19.0 Å². The lowest BCUT2D eigenvalue weighted by molar-refractivity contribution is -0.126. The highest BCUT2D eigenvalue weighted by Crippen LogP contribution is 2.45. The Morgan fingerprint density at radius 1 is 1.29 bits per heavy atom. The van der Waals surface area contributed by atoms with Crippen LogP contribution in [-0.4, -0.2) is 16.7 Å². The number of nitrogens with one attached hydrogen (secondary N) is 1. The Balaban J connectivity index is 2.07. The molecule has 1 fully saturated rings. The fourth-order valence-electron chi connectivity index (χ4n) is 2.81. The van der Waals surface area contributed by atoms with Gasteiger partial charge in [0.2, 0.25) is 5.91 Å². The number of rotatable bonds is 0. The van der Waals surface area contributed by atoms with E-state index >= 15 is 0 Å². The number of fused-ring (bicyclic) bond motifs is 2. The van der Waals surface area contributed by atoms with E-state index in [0.29, 0.717) is 25.7 Å². The molecule has 3 rings (SSSR count). The second-order valence-electron chi connectivity index (χ2n) is 4.98. The number of carbonyl (C=O) groups excluding carboxylic acids is 2. The van der Waals surface area contributed by atoms with Gasteiger partial charge in [0.25, 0.3) is 0 Å². The van der Waals surface area contributed by atoms with Gasteiger partial charge in [-0.15, -0.1) is 0 Å². The summed E-state index contributed by atoms with van der Waals surface area (Å²) in [5.41, 5.74) is 2.15. The van der Waals surface area contributed by atoms with Gasteiger partial charge in [0.05, 0.1) is 16.8 Å². The van der Waals surface area contributed by atoms with Crippen LogP contribution in [0.5, 0.6) is 0 Å². The fourth-order valence-corrected chi connectivity index (χ4v) is 2.81. The summed E-state index contributed by atoms with van der Waals surface area (Å²) in [6, 6.07) is 1.95. The van der Waals surface area contributed by atoms with Crippen molar-refractivity contribution in [2.24, 2.45) is 0 Å². The predicted molar refractivity (Wildman–Crippen MR) is 62.8 cm³/mol. The zero-order chi connectivity index (χ0) is 12.0. The van der Waals surface area contributed by atoms with Gasteiger partial charge in [-0.3, -0.25) is 14.6 Å². The Hall–Kier alpha value is -1.71. The molecule has 2 heterocycles. The van der Waals surface area contributed by atoms with E-state index in [-0.39, 0.29) is 11.7 Å². The number of amides is 1. The summed E-state index contributed by atoms with van der Waals surface area (Å²) in [6.07, 6.45) is 3.96. The third-order valence-electron chi connectivity index (χ3n) is 3.82. The molecule has 4 heteroatoms. The van der Waals surface area contributed by atoms with Gasteiger partial charge in [0.15, 0.2) is 0 Å². The van der Waals surface area contributed by atoms with Crippen LogP contribution in [0.1, 0.15) is 36.9 Å². The van der Waals surface area contributed by atoms with Crippen molar-refractivity contribution in [1.29, 1.82) is 0 Å². The Morgan fingerprint density at radius 2 is 2.00 bits per heavy atom. The molecule has 17 heavy (non-hydrogen) atoms. The van der Waals surface area contributed by atoms with Crippen molar-refractivity contribution in [2.75, 3.05) is 5.32 Å². The summed E-state index contributed by atoms with van der Waals surface area (Å²) in [5, 5.41) is 2.90. The van der Waals surface area contributed by atoms with E-state index in [0.717, 1.165) is 16.9 Å². The maximum Gasteiger partial charge on any atom is 0.236 e. The standard InChI is InChI=1S/C13H14N2O2/c1-8-6-10-11(14-7-8)13(12(17)15-10)4-2-9(16)3-5-13/h6-7H,2-5H2,1H3,(H,15,17). The van der Waals surface area contributed by atoms with Gasteiger partial charge in [-0.25, -0.2) is 0 Å². The summed E-state index contributed by atoms with van der Waals surface area (Å²) in [4.78, 5) is 27.9. The van der Waals surface area contributed by atoms with Crippen LogP contribution in [0.4, 0.5) is 5.69 Å². The van der Waals surface area contributed by atoms with Crippen molar-refractivity contribution in [1.82, 2.24) is 4.98 Å². The van der Waals surface area contributed by atoms with Gasteiger partial charge < -0.3 is 5.32 Å². The van der Waals surface area contributed by atoms with Crippen molar-refractivity contribution in [3.05, 3.63) is 23.5 Å². The first-order chi connectivity index (χ1) is 8.12. The summed E-state index contributed by atoms with van der Waals surface area (Å²) in [6.45, 7) is 1.95. The lowest BCUT2D eigenvalue weighted by atomic mass is 9.72. The Kier molecular flexibility index (Phi) is 2.08. The maximum atomic E-state index is 12.2. The summed E-state index contributed by atoms with van der Waals surface area (Å²) in [5.74, 6) is 0.266. The monoisotopic (exact) mass is 230 g/mol. The first-order valence-corrected chi connectivity index (χ1v) is 5.92. The maximum absolute atomic E-state index is 12.2. The molecule has 0 bridgehead atoms. The van der Waals surface area contributed by atoms with Crippen LogP contribution in [0.2, 0.25) is 0 Å². The smallest absolute Gasteiger partial charge is 0.236 e. The predicted octanol–water partition coefficient (Wildman–Crippen LogP) is 1.72. The Morgan fingerprint density at radius 3 is 2.71 bits per heavy atom. The second kappa shape index (κ2) is 3.39. The number of ketones is 1. The summed E-state index contributed by atoms with van der Waals surface area (Å²) >= 11 is 0. The molecule has 1 aliphatic heterocycles. The van der Waals surface area contributed by atoms with E-state index in [1.807, 2.05) is 13.0 Å². The minimum Gasteiger partial charge on any atom is -0.324 e. The molecule has 0 atom stereocenters. The van der Waals surface area contributed by atoms with Crippen LogP contribution >= 0.6 is 0 Å². The first kappa shape index (κ1) is 10.4. The molecule has 0 radical (unpaired) electrons. The molecule has 0 saturated heterocycles. The SMILES string of the molecule is Cc1cnc2c(c1)NC(=O)C21CCC(=O)CC1. The molecule has 4 nitrogen and oxygen atoms in total. The molecular formula is C13H14N2O2. The first-order valence-electron chi connectivity index (χ1n) is 5.92. The largest absolute Gasteiger partial charge is 0.324 e. The average molecular weight is 230 g/mol. The number of hydrogen-bond donors (Lipinski definition) is 1. The highest BCUT2D eigenvalue weighted by molar-refractivity contribution is 6.06. The van der Waals surface area contributed by atoms with Crippen LogP contribution in [0, 0.1) is 6.92 Å². The third kappa shape index (κ3) is 1.40. The average Bonchev–Trinajstić information content (AvgIpc) is 2.55. The van der Waals surface area contributed by atoms with Crippen LogP contribution < -0.4 is 5.32 Å². The Labute approximate surface area is 99.4 Å². The van der Waals surface area contributed by atoms with Crippen LogP contribution in [0.15, 0.2) is 12.3 Å². The van der Waals surface area contributed by atoms with E-state index in [9.17, 15) is 9.59 Å². The van der Waals surface area contributed by atoms with Crippen LogP contribution in [0.3, 0.4) is 0 Å². The molecule has 2 aliphatic rings. The van der Waals surface area contributed by atoms with Crippen molar-refractivity contribution in [3.8, 4) is 0 Å². The van der Waals surface area contributed by atoms with E-state index in [1.54, 1.807) is 6.20 Å². The quantitative estimate of drug-likeness (QED) is 0.738. The van der Waals surface area contributed by atoms with E-state index in [4.69, 9.17) is 0 Å². The van der Waals surface area contributed by atoms with Crippen LogP contribution in [0.25, 0.3) is 0 Å². The van der Waals surface area contributed by atoms with Crippen molar-refractivity contribution in [2.45, 2.75) is 38.0 Å². The molecule has 1 aromatic heterocycles. The lowest BCUT2D eigenvalue weighted by Gasteiger charge is -2.29. The molecule has 1 aromatic rings.